The molecule has 7 nitrogen and oxygen atoms in total. The molecule has 1 aliphatic heterocycles. The van der Waals surface area contributed by atoms with Crippen LogP contribution in [0.1, 0.15) is 10.4 Å². The molecule has 0 unspecified atom stereocenters. The zero-order valence-electron chi connectivity index (χ0n) is 12.3. The average Bonchev–Trinajstić information content (AvgIpc) is 3.25. The van der Waals surface area contributed by atoms with Crippen LogP contribution in [0.25, 0.3) is 22.9 Å². The fourth-order valence-corrected chi connectivity index (χ4v) is 3.48. The lowest BCUT2D eigenvalue weighted by atomic mass is 10.1. The van der Waals surface area contributed by atoms with E-state index in [4.69, 9.17) is 9.52 Å². The number of carboxylic acid groups (broad SMARTS) is 1. The predicted octanol–water partition coefficient (Wildman–Crippen LogP) is 2.37. The van der Waals surface area contributed by atoms with Crippen LogP contribution in [0.15, 0.2) is 50.6 Å². The van der Waals surface area contributed by atoms with Crippen LogP contribution in [0.5, 0.6) is 0 Å². The van der Waals surface area contributed by atoms with E-state index in [0.29, 0.717) is 17.7 Å². The van der Waals surface area contributed by atoms with Gasteiger partial charge in [0.1, 0.15) is 5.56 Å². The Morgan fingerprint density at radius 1 is 1.12 bits per heavy atom. The second-order valence-corrected chi connectivity index (χ2v) is 6.30. The Labute approximate surface area is 140 Å². The third kappa shape index (κ3) is 2.41. The summed E-state index contributed by atoms with van der Waals surface area (Å²) in [7, 11) is 0. The number of benzene rings is 1. The molecule has 0 saturated carbocycles. The van der Waals surface area contributed by atoms with E-state index in [0.717, 1.165) is 10.8 Å². The van der Waals surface area contributed by atoms with Gasteiger partial charge in [0.05, 0.1) is 10.6 Å². The van der Waals surface area contributed by atoms with Crippen molar-refractivity contribution in [3.05, 3.63) is 52.3 Å². The molecule has 0 amide bonds. The van der Waals surface area contributed by atoms with E-state index >= 15 is 0 Å². The number of carboxylic acids is 1. The number of carbonyl (C=O) groups is 1. The van der Waals surface area contributed by atoms with Crippen molar-refractivity contribution in [2.75, 3.05) is 5.75 Å². The number of hydrogen-bond acceptors (Lipinski definition) is 6. The zero-order valence-corrected chi connectivity index (χ0v) is 13.1. The van der Waals surface area contributed by atoms with Gasteiger partial charge in [0.15, 0.2) is 0 Å². The highest BCUT2D eigenvalue weighted by molar-refractivity contribution is 7.99. The van der Waals surface area contributed by atoms with Crippen LogP contribution in [-0.4, -0.2) is 31.6 Å². The molecule has 1 N–H and O–H groups in total. The van der Waals surface area contributed by atoms with Crippen molar-refractivity contribution in [2.45, 2.75) is 11.6 Å². The topological polar surface area (TPSA) is 98.2 Å². The normalized spacial score (nSPS) is 13.0. The van der Waals surface area contributed by atoms with E-state index in [1.807, 2.05) is 6.07 Å². The Balaban J connectivity index is 1.71. The molecule has 3 aromatic rings. The van der Waals surface area contributed by atoms with Gasteiger partial charge < -0.3 is 14.1 Å². The maximum Gasteiger partial charge on any atom is 0.335 e. The Hall–Kier alpha value is -2.87. The molecule has 0 bridgehead atoms. The van der Waals surface area contributed by atoms with Gasteiger partial charge in [0, 0.05) is 17.9 Å². The van der Waals surface area contributed by atoms with Crippen molar-refractivity contribution in [3.8, 4) is 22.9 Å². The quantitative estimate of drug-likeness (QED) is 0.781. The molecule has 0 spiro atoms. The van der Waals surface area contributed by atoms with Gasteiger partial charge in [0.25, 0.3) is 11.4 Å². The predicted molar refractivity (Wildman–Crippen MR) is 87.1 cm³/mol. The third-order valence-electron chi connectivity index (χ3n) is 3.73. The molecule has 1 aromatic carbocycles. The van der Waals surface area contributed by atoms with Crippen LogP contribution in [0.4, 0.5) is 0 Å². The summed E-state index contributed by atoms with van der Waals surface area (Å²) in [5, 5.41) is 17.8. The number of hydrogen-bond donors (Lipinski definition) is 1. The molecular formula is C16H11N3O4S. The van der Waals surface area contributed by atoms with E-state index in [9.17, 15) is 9.59 Å². The molecule has 0 aliphatic carbocycles. The highest BCUT2D eigenvalue weighted by Gasteiger charge is 2.19. The standard InChI is InChI=1S/C16H11N3O4S/c20-15-11(5-6-12-19(15)7-8-24-12)14-18-17-13(23-14)9-1-3-10(4-2-9)16(21)22/h1-6H,7-8H2,(H,21,22). The lowest BCUT2D eigenvalue weighted by Crippen LogP contribution is -2.20. The summed E-state index contributed by atoms with van der Waals surface area (Å²) in [5.74, 6) is 0.270. The smallest absolute Gasteiger partial charge is 0.335 e. The first-order chi connectivity index (χ1) is 11.6. The molecule has 3 heterocycles. The Kier molecular flexibility index (Phi) is 3.46. The van der Waals surface area contributed by atoms with E-state index in [1.165, 1.54) is 12.1 Å². The number of nitrogens with zero attached hydrogens (tertiary/aromatic N) is 3. The van der Waals surface area contributed by atoms with Crippen LogP contribution in [-0.2, 0) is 6.54 Å². The summed E-state index contributed by atoms with van der Waals surface area (Å²) >= 11 is 1.64. The Bertz CT molecular complexity index is 991. The van der Waals surface area contributed by atoms with E-state index in [2.05, 4.69) is 10.2 Å². The second-order valence-electron chi connectivity index (χ2n) is 5.19. The summed E-state index contributed by atoms with van der Waals surface area (Å²) in [6, 6.07) is 9.67. The molecule has 0 atom stereocenters. The van der Waals surface area contributed by atoms with E-state index < -0.39 is 5.97 Å². The monoisotopic (exact) mass is 341 g/mol. The summed E-state index contributed by atoms with van der Waals surface area (Å²) in [6.45, 7) is 0.671. The SMILES string of the molecule is O=C(O)c1ccc(-c2nnc(-c3ccc4n(c3=O)CCS4)o2)cc1. The first kappa shape index (κ1) is 14.7. The molecular weight excluding hydrogens is 330 g/mol. The van der Waals surface area contributed by atoms with E-state index in [-0.39, 0.29) is 22.9 Å². The Morgan fingerprint density at radius 2 is 1.88 bits per heavy atom. The number of pyridine rings is 1. The first-order valence-electron chi connectivity index (χ1n) is 7.18. The van der Waals surface area contributed by atoms with Gasteiger partial charge >= 0.3 is 5.97 Å². The summed E-state index contributed by atoms with van der Waals surface area (Å²) in [6.07, 6.45) is 0. The minimum Gasteiger partial charge on any atom is -0.478 e. The van der Waals surface area contributed by atoms with Crippen LogP contribution >= 0.6 is 11.8 Å². The zero-order chi connectivity index (χ0) is 16.7. The molecule has 0 radical (unpaired) electrons. The summed E-state index contributed by atoms with van der Waals surface area (Å²) in [5.41, 5.74) is 0.986. The van der Waals surface area contributed by atoms with Crippen molar-refractivity contribution in [1.82, 2.24) is 14.8 Å². The minimum atomic E-state index is -1.00. The third-order valence-corrected chi connectivity index (χ3v) is 4.77. The van der Waals surface area contributed by atoms with Crippen molar-refractivity contribution >= 4 is 17.7 Å². The van der Waals surface area contributed by atoms with Gasteiger partial charge in [-0.3, -0.25) is 4.79 Å². The highest BCUT2D eigenvalue weighted by Crippen LogP contribution is 2.27. The number of aromatic carboxylic acids is 1. The molecule has 24 heavy (non-hydrogen) atoms. The molecule has 0 saturated heterocycles. The number of rotatable bonds is 3. The fourth-order valence-electron chi connectivity index (χ4n) is 2.51. The van der Waals surface area contributed by atoms with Crippen LogP contribution in [0.2, 0.25) is 0 Å². The van der Waals surface area contributed by atoms with Gasteiger partial charge in [0.2, 0.25) is 5.89 Å². The molecule has 4 rings (SSSR count). The van der Waals surface area contributed by atoms with Gasteiger partial charge in [-0.15, -0.1) is 22.0 Å². The molecule has 8 heteroatoms. The van der Waals surface area contributed by atoms with E-state index in [1.54, 1.807) is 34.5 Å². The van der Waals surface area contributed by atoms with Crippen LogP contribution < -0.4 is 5.56 Å². The van der Waals surface area contributed by atoms with Crippen molar-refractivity contribution in [1.29, 1.82) is 0 Å². The second kappa shape index (κ2) is 5.64. The van der Waals surface area contributed by atoms with Crippen molar-refractivity contribution in [3.63, 3.8) is 0 Å². The minimum absolute atomic E-state index is 0.145. The summed E-state index contributed by atoms with van der Waals surface area (Å²) < 4.78 is 7.31. The largest absolute Gasteiger partial charge is 0.478 e. The van der Waals surface area contributed by atoms with Gasteiger partial charge in [-0.2, -0.15) is 0 Å². The highest BCUT2D eigenvalue weighted by atomic mass is 32.2. The van der Waals surface area contributed by atoms with Crippen molar-refractivity contribution in [2.24, 2.45) is 0 Å². The van der Waals surface area contributed by atoms with Crippen LogP contribution in [0.3, 0.4) is 0 Å². The summed E-state index contributed by atoms with van der Waals surface area (Å²) in [4.78, 5) is 23.4. The van der Waals surface area contributed by atoms with Crippen molar-refractivity contribution < 1.29 is 14.3 Å². The molecule has 0 fully saturated rings. The lowest BCUT2D eigenvalue weighted by molar-refractivity contribution is 0.0697. The molecule has 1 aliphatic rings. The fraction of sp³-hybridized carbons (Fsp3) is 0.125. The maximum absolute atomic E-state index is 12.5. The molecule has 2 aromatic heterocycles. The molecule has 120 valence electrons. The average molecular weight is 341 g/mol. The Morgan fingerprint density at radius 3 is 2.62 bits per heavy atom. The van der Waals surface area contributed by atoms with Gasteiger partial charge in [-0.05, 0) is 36.4 Å². The number of thioether (sulfide) groups is 1. The van der Waals surface area contributed by atoms with Gasteiger partial charge in [-0.1, -0.05) is 0 Å². The number of fused-ring (bicyclic) bond motifs is 1. The van der Waals surface area contributed by atoms with Crippen LogP contribution in [0, 0.1) is 0 Å². The maximum atomic E-state index is 12.5. The first-order valence-corrected chi connectivity index (χ1v) is 8.16. The lowest BCUT2D eigenvalue weighted by Gasteiger charge is -2.02. The van der Waals surface area contributed by atoms with Gasteiger partial charge in [-0.25, -0.2) is 4.79 Å². The number of aromatic nitrogens is 3.